The summed E-state index contributed by atoms with van der Waals surface area (Å²) in [6, 6.07) is 12.0. The fraction of sp³-hybridized carbons (Fsp3) is 0.351. The zero-order valence-electron chi connectivity index (χ0n) is 29.4. The lowest BCUT2D eigenvalue weighted by Gasteiger charge is -2.34. The number of hydrogen-bond donors (Lipinski definition) is 2. The van der Waals surface area contributed by atoms with Crippen molar-refractivity contribution >= 4 is 51.6 Å². The average Bonchev–Trinajstić information content (AvgIpc) is 3.74. The second-order valence-corrected chi connectivity index (χ2v) is 13.4. The fourth-order valence-electron chi connectivity index (χ4n) is 6.95. The highest BCUT2D eigenvalue weighted by molar-refractivity contribution is 5.99. The molecule has 4 aromatic heterocycles. The number of ketones is 1. The molecular formula is C37H40N12O4. The Morgan fingerprint density at radius 3 is 2.57 bits per heavy atom. The van der Waals surface area contributed by atoms with E-state index >= 15 is 0 Å². The number of Topliss-reactive ketones (excluding diaryl/α,β-unsaturated/α-hetero) is 1. The first-order chi connectivity index (χ1) is 25.8. The molecule has 6 aromatic rings. The summed E-state index contributed by atoms with van der Waals surface area (Å²) in [4.78, 5) is 53.1. The predicted molar refractivity (Wildman–Crippen MR) is 198 cm³/mol. The highest BCUT2D eigenvalue weighted by Gasteiger charge is 2.25. The van der Waals surface area contributed by atoms with E-state index in [2.05, 4.69) is 52.9 Å². The van der Waals surface area contributed by atoms with E-state index in [-0.39, 0.29) is 17.7 Å². The molecule has 0 unspecified atom stereocenters. The van der Waals surface area contributed by atoms with Crippen LogP contribution in [0, 0.1) is 0 Å². The van der Waals surface area contributed by atoms with Crippen LogP contribution in [-0.4, -0.2) is 109 Å². The molecular weight excluding hydrogens is 676 g/mol. The number of hydrogen-bond acceptors (Lipinski definition) is 14. The van der Waals surface area contributed by atoms with Gasteiger partial charge in [-0.25, -0.2) is 24.6 Å². The van der Waals surface area contributed by atoms with Crippen molar-refractivity contribution < 1.29 is 18.7 Å². The molecule has 0 atom stereocenters. The summed E-state index contributed by atoms with van der Waals surface area (Å²) in [5, 5.41) is 5.59. The SMILES string of the molecule is CC(=O)CCOCCN1CCN(c2ncc(C(=O)N3CCc4cc(Cn5nc(-c6ccc7oc(N)nc7c6)c6c(N)ncnc65)ccc4C3)cn2)CC1. The first-order valence-corrected chi connectivity index (χ1v) is 17.7. The Morgan fingerprint density at radius 2 is 1.75 bits per heavy atom. The molecule has 2 aromatic carbocycles. The highest BCUT2D eigenvalue weighted by atomic mass is 16.5. The van der Waals surface area contributed by atoms with Gasteiger partial charge < -0.3 is 30.4 Å². The number of benzene rings is 2. The summed E-state index contributed by atoms with van der Waals surface area (Å²) in [6.07, 6.45) is 5.90. The number of carbonyl (C=O) groups is 2. The van der Waals surface area contributed by atoms with E-state index < -0.39 is 0 Å². The lowest BCUT2D eigenvalue weighted by Crippen LogP contribution is -2.48. The van der Waals surface area contributed by atoms with Gasteiger partial charge in [-0.1, -0.05) is 18.2 Å². The third-order valence-electron chi connectivity index (χ3n) is 9.83. The second-order valence-electron chi connectivity index (χ2n) is 13.4. The summed E-state index contributed by atoms with van der Waals surface area (Å²) in [5.41, 5.74) is 19.2. The molecule has 16 nitrogen and oxygen atoms in total. The molecule has 1 fully saturated rings. The number of rotatable bonds is 11. The standard InChI is InChI=1S/C37H40N12O4/c1-23(50)7-14-52-15-13-46-9-11-47(12-10-46)37-40-18-28(19-41-37)35(51)48-8-6-25-16-24(2-3-27(25)21-48)20-49-34-31(33(38)42-22-43-34)32(45-49)26-4-5-30-29(17-26)44-36(39)53-30/h2-5,16-19,22H,6-15,20-21H2,1H3,(H2,39,44)(H2,38,42,43). The van der Waals surface area contributed by atoms with Crippen molar-refractivity contribution in [2.75, 3.05) is 68.8 Å². The Kier molecular flexibility index (Phi) is 9.37. The van der Waals surface area contributed by atoms with Gasteiger partial charge in [-0.2, -0.15) is 10.1 Å². The Labute approximate surface area is 304 Å². The predicted octanol–water partition coefficient (Wildman–Crippen LogP) is 2.95. The molecule has 0 aliphatic carbocycles. The summed E-state index contributed by atoms with van der Waals surface area (Å²) in [5.74, 6) is 1.03. The van der Waals surface area contributed by atoms with E-state index in [1.165, 1.54) is 11.9 Å². The van der Waals surface area contributed by atoms with Crippen molar-refractivity contribution in [1.82, 2.24) is 44.5 Å². The van der Waals surface area contributed by atoms with Crippen LogP contribution < -0.4 is 16.4 Å². The van der Waals surface area contributed by atoms with E-state index in [0.29, 0.717) is 84.4 Å². The topological polar surface area (TPSA) is 201 Å². The molecule has 4 N–H and O–H groups in total. The van der Waals surface area contributed by atoms with Gasteiger partial charge in [0.05, 0.1) is 30.7 Å². The smallest absolute Gasteiger partial charge is 0.292 e. The number of amides is 1. The van der Waals surface area contributed by atoms with Gasteiger partial charge in [0.2, 0.25) is 5.95 Å². The average molecular weight is 717 g/mol. The van der Waals surface area contributed by atoms with Crippen LogP contribution in [-0.2, 0) is 29.0 Å². The molecule has 0 radical (unpaired) electrons. The minimum Gasteiger partial charge on any atom is -0.424 e. The molecule has 272 valence electrons. The maximum Gasteiger partial charge on any atom is 0.292 e. The molecule has 1 amide bonds. The quantitative estimate of drug-likeness (QED) is 0.185. The second kappa shape index (κ2) is 14.6. The molecule has 0 saturated carbocycles. The van der Waals surface area contributed by atoms with Crippen LogP contribution in [0.2, 0.25) is 0 Å². The van der Waals surface area contributed by atoms with Crippen molar-refractivity contribution in [3.63, 3.8) is 0 Å². The molecule has 16 heteroatoms. The van der Waals surface area contributed by atoms with Crippen LogP contribution in [0.4, 0.5) is 17.8 Å². The molecule has 8 rings (SSSR count). The van der Waals surface area contributed by atoms with Gasteiger partial charge in [0.15, 0.2) is 11.2 Å². The number of aromatic nitrogens is 7. The fourth-order valence-corrected chi connectivity index (χ4v) is 6.95. The van der Waals surface area contributed by atoms with Crippen LogP contribution in [0.25, 0.3) is 33.4 Å². The van der Waals surface area contributed by atoms with Crippen molar-refractivity contribution in [1.29, 1.82) is 0 Å². The molecule has 0 spiro atoms. The van der Waals surface area contributed by atoms with E-state index in [0.717, 1.165) is 55.8 Å². The lowest BCUT2D eigenvalue weighted by molar-refractivity contribution is -0.118. The number of nitrogens with zero attached hydrogens (tertiary/aromatic N) is 10. The molecule has 1 saturated heterocycles. The van der Waals surface area contributed by atoms with Crippen molar-refractivity contribution in [2.24, 2.45) is 0 Å². The van der Waals surface area contributed by atoms with Crippen molar-refractivity contribution in [2.45, 2.75) is 32.9 Å². The van der Waals surface area contributed by atoms with Crippen LogP contribution in [0.1, 0.15) is 40.4 Å². The number of piperazine rings is 1. The van der Waals surface area contributed by atoms with Crippen LogP contribution in [0.15, 0.2) is 59.5 Å². The van der Waals surface area contributed by atoms with Crippen LogP contribution in [0.5, 0.6) is 0 Å². The molecule has 6 heterocycles. The zero-order chi connectivity index (χ0) is 36.5. The van der Waals surface area contributed by atoms with E-state index in [1.807, 2.05) is 27.8 Å². The van der Waals surface area contributed by atoms with Gasteiger partial charge in [0.25, 0.3) is 11.9 Å². The van der Waals surface area contributed by atoms with Gasteiger partial charge >= 0.3 is 0 Å². The normalized spacial score (nSPS) is 15.0. The highest BCUT2D eigenvalue weighted by Crippen LogP contribution is 2.33. The van der Waals surface area contributed by atoms with Gasteiger partial charge in [0.1, 0.15) is 29.1 Å². The van der Waals surface area contributed by atoms with E-state index in [4.69, 9.17) is 25.7 Å². The van der Waals surface area contributed by atoms with Gasteiger partial charge in [0, 0.05) is 70.2 Å². The van der Waals surface area contributed by atoms with Crippen LogP contribution >= 0.6 is 0 Å². The van der Waals surface area contributed by atoms with Crippen molar-refractivity contribution in [3.05, 3.63) is 77.4 Å². The Hall–Kier alpha value is -6.00. The number of nitrogen functional groups attached to an aromatic ring is 2. The third kappa shape index (κ3) is 7.23. The number of oxazole rings is 1. The molecule has 2 aliphatic heterocycles. The number of anilines is 3. The minimum absolute atomic E-state index is 0.0832. The molecule has 53 heavy (non-hydrogen) atoms. The van der Waals surface area contributed by atoms with Crippen molar-refractivity contribution in [3.8, 4) is 11.3 Å². The number of fused-ring (bicyclic) bond motifs is 3. The maximum atomic E-state index is 13.5. The Bertz CT molecular complexity index is 2300. The largest absolute Gasteiger partial charge is 0.424 e. The van der Waals surface area contributed by atoms with E-state index in [1.54, 1.807) is 19.3 Å². The molecule has 2 aliphatic rings. The Morgan fingerprint density at radius 1 is 0.925 bits per heavy atom. The first kappa shape index (κ1) is 34.1. The third-order valence-corrected chi connectivity index (χ3v) is 9.83. The number of carbonyl (C=O) groups excluding carboxylic acids is 2. The van der Waals surface area contributed by atoms with Gasteiger partial charge in [-0.05, 0) is 48.2 Å². The summed E-state index contributed by atoms with van der Waals surface area (Å²) >= 11 is 0. The minimum atomic E-state index is -0.0832. The number of ether oxygens (including phenoxy) is 1. The van der Waals surface area contributed by atoms with Gasteiger partial charge in [-0.3, -0.25) is 14.5 Å². The summed E-state index contributed by atoms with van der Waals surface area (Å²) < 4.78 is 12.9. The summed E-state index contributed by atoms with van der Waals surface area (Å²) in [7, 11) is 0. The summed E-state index contributed by atoms with van der Waals surface area (Å²) in [6.45, 7) is 8.37. The Balaban J connectivity index is 0.898. The van der Waals surface area contributed by atoms with Crippen LogP contribution in [0.3, 0.4) is 0 Å². The van der Waals surface area contributed by atoms with E-state index in [9.17, 15) is 9.59 Å². The number of nitrogens with two attached hydrogens (primary N) is 2. The maximum absolute atomic E-state index is 13.5. The lowest BCUT2D eigenvalue weighted by atomic mass is 9.97. The van der Waals surface area contributed by atoms with Gasteiger partial charge in [-0.15, -0.1) is 0 Å². The first-order valence-electron chi connectivity index (χ1n) is 17.7. The molecule has 0 bridgehead atoms. The monoisotopic (exact) mass is 716 g/mol. The zero-order valence-corrected chi connectivity index (χ0v) is 29.4.